The Morgan fingerprint density at radius 3 is 2.70 bits per heavy atom. The fourth-order valence-corrected chi connectivity index (χ4v) is 2.81. The second-order valence-corrected chi connectivity index (χ2v) is 6.28. The van der Waals surface area contributed by atoms with E-state index < -0.39 is 0 Å². The number of amides is 1. The minimum absolute atomic E-state index is 0.113. The average Bonchev–Trinajstić information content (AvgIpc) is 3.13. The lowest BCUT2D eigenvalue weighted by atomic mass is 10.2. The molecular formula is C16H16N4O2S. The van der Waals surface area contributed by atoms with Crippen LogP contribution in [-0.4, -0.2) is 21.1 Å². The molecule has 0 aliphatic heterocycles. The SMILES string of the molecule is Cc1nc(NC(=O)CCc2nnc(-c3ccccc3)o2)sc1C. The third-order valence-corrected chi connectivity index (χ3v) is 4.32. The van der Waals surface area contributed by atoms with E-state index in [2.05, 4.69) is 20.5 Å². The van der Waals surface area contributed by atoms with Crippen molar-refractivity contribution < 1.29 is 9.21 Å². The molecule has 0 saturated carbocycles. The molecule has 0 unspecified atom stereocenters. The number of aromatic nitrogens is 3. The Hall–Kier alpha value is -2.54. The number of carbonyl (C=O) groups excluding carboxylic acids is 1. The number of aryl methyl sites for hydroxylation is 3. The van der Waals surface area contributed by atoms with E-state index in [1.54, 1.807) is 0 Å². The topological polar surface area (TPSA) is 80.9 Å². The molecule has 1 aromatic carbocycles. The number of hydrogen-bond acceptors (Lipinski definition) is 6. The van der Waals surface area contributed by atoms with E-state index in [9.17, 15) is 4.79 Å². The summed E-state index contributed by atoms with van der Waals surface area (Å²) in [7, 11) is 0. The smallest absolute Gasteiger partial charge is 0.247 e. The van der Waals surface area contributed by atoms with Gasteiger partial charge in [0.25, 0.3) is 0 Å². The Kier molecular flexibility index (Phi) is 4.47. The first-order valence-corrected chi connectivity index (χ1v) is 8.05. The van der Waals surface area contributed by atoms with Crippen molar-refractivity contribution in [2.24, 2.45) is 0 Å². The summed E-state index contributed by atoms with van der Waals surface area (Å²) in [6.45, 7) is 3.90. The molecule has 23 heavy (non-hydrogen) atoms. The van der Waals surface area contributed by atoms with Crippen LogP contribution >= 0.6 is 11.3 Å². The van der Waals surface area contributed by atoms with Gasteiger partial charge in [-0.1, -0.05) is 18.2 Å². The summed E-state index contributed by atoms with van der Waals surface area (Å²) in [4.78, 5) is 17.3. The molecule has 1 amide bonds. The molecule has 0 aliphatic rings. The lowest BCUT2D eigenvalue weighted by Crippen LogP contribution is -2.12. The number of thiazole rings is 1. The van der Waals surface area contributed by atoms with Gasteiger partial charge in [-0.3, -0.25) is 4.79 Å². The normalized spacial score (nSPS) is 10.7. The van der Waals surface area contributed by atoms with Crippen molar-refractivity contribution in [3.05, 3.63) is 46.8 Å². The summed E-state index contributed by atoms with van der Waals surface area (Å²) in [6, 6.07) is 9.54. The zero-order chi connectivity index (χ0) is 16.2. The number of rotatable bonds is 5. The van der Waals surface area contributed by atoms with Crippen LogP contribution in [0.15, 0.2) is 34.7 Å². The van der Waals surface area contributed by atoms with Crippen molar-refractivity contribution >= 4 is 22.4 Å². The Morgan fingerprint density at radius 1 is 1.22 bits per heavy atom. The number of anilines is 1. The number of nitrogens with one attached hydrogen (secondary N) is 1. The van der Waals surface area contributed by atoms with E-state index in [1.807, 2.05) is 44.2 Å². The zero-order valence-electron chi connectivity index (χ0n) is 12.9. The monoisotopic (exact) mass is 328 g/mol. The lowest BCUT2D eigenvalue weighted by molar-refractivity contribution is -0.116. The first-order valence-electron chi connectivity index (χ1n) is 7.23. The summed E-state index contributed by atoms with van der Waals surface area (Å²) in [5.74, 6) is 0.802. The first-order chi connectivity index (χ1) is 11.1. The van der Waals surface area contributed by atoms with Gasteiger partial charge in [-0.15, -0.1) is 21.5 Å². The minimum atomic E-state index is -0.113. The Bertz CT molecular complexity index is 791. The van der Waals surface area contributed by atoms with Crippen LogP contribution in [0.4, 0.5) is 5.13 Å². The van der Waals surface area contributed by atoms with Gasteiger partial charge in [0.1, 0.15) is 0 Å². The molecule has 0 spiro atoms. The van der Waals surface area contributed by atoms with E-state index >= 15 is 0 Å². The van der Waals surface area contributed by atoms with Crippen LogP contribution in [0, 0.1) is 13.8 Å². The van der Waals surface area contributed by atoms with Gasteiger partial charge in [-0.2, -0.15) is 0 Å². The molecule has 0 radical (unpaired) electrons. The highest BCUT2D eigenvalue weighted by Crippen LogP contribution is 2.21. The first kappa shape index (κ1) is 15.4. The molecule has 0 saturated heterocycles. The zero-order valence-corrected chi connectivity index (χ0v) is 13.7. The van der Waals surface area contributed by atoms with Crippen molar-refractivity contribution in [3.8, 4) is 11.5 Å². The highest BCUT2D eigenvalue weighted by atomic mass is 32.1. The highest BCUT2D eigenvalue weighted by molar-refractivity contribution is 7.15. The Balaban J connectivity index is 1.56. The van der Waals surface area contributed by atoms with E-state index in [4.69, 9.17) is 4.42 Å². The average molecular weight is 328 g/mol. The highest BCUT2D eigenvalue weighted by Gasteiger charge is 2.12. The van der Waals surface area contributed by atoms with Crippen molar-refractivity contribution in [2.45, 2.75) is 26.7 Å². The number of hydrogen-bond donors (Lipinski definition) is 1. The Morgan fingerprint density at radius 2 is 2.00 bits per heavy atom. The van der Waals surface area contributed by atoms with Gasteiger partial charge in [0.15, 0.2) is 5.13 Å². The fourth-order valence-electron chi connectivity index (χ4n) is 1.98. The van der Waals surface area contributed by atoms with Crippen LogP contribution in [0.2, 0.25) is 0 Å². The van der Waals surface area contributed by atoms with Gasteiger partial charge in [-0.05, 0) is 26.0 Å². The summed E-state index contributed by atoms with van der Waals surface area (Å²) >= 11 is 1.47. The number of carbonyl (C=O) groups is 1. The number of nitrogens with zero attached hydrogens (tertiary/aromatic N) is 3. The molecule has 7 heteroatoms. The van der Waals surface area contributed by atoms with Crippen molar-refractivity contribution in [1.29, 1.82) is 0 Å². The van der Waals surface area contributed by atoms with Crippen LogP contribution < -0.4 is 5.32 Å². The second kappa shape index (κ2) is 6.70. The van der Waals surface area contributed by atoms with Crippen LogP contribution in [-0.2, 0) is 11.2 Å². The quantitative estimate of drug-likeness (QED) is 0.776. The van der Waals surface area contributed by atoms with Gasteiger partial charge < -0.3 is 9.73 Å². The van der Waals surface area contributed by atoms with Gasteiger partial charge in [0.05, 0.1) is 5.69 Å². The standard InChI is InChI=1S/C16H16N4O2S/c1-10-11(2)23-16(17-10)18-13(21)8-9-14-19-20-15(22-14)12-6-4-3-5-7-12/h3-7H,8-9H2,1-2H3,(H,17,18,21). The summed E-state index contributed by atoms with van der Waals surface area (Å²) < 4.78 is 5.58. The van der Waals surface area contributed by atoms with Crippen molar-refractivity contribution in [2.75, 3.05) is 5.32 Å². The molecule has 2 aromatic heterocycles. The van der Waals surface area contributed by atoms with Gasteiger partial charge in [0, 0.05) is 23.3 Å². The van der Waals surface area contributed by atoms with Crippen LogP contribution in [0.5, 0.6) is 0 Å². The van der Waals surface area contributed by atoms with Crippen molar-refractivity contribution in [1.82, 2.24) is 15.2 Å². The molecule has 3 aromatic rings. The molecule has 1 N–H and O–H groups in total. The second-order valence-electron chi connectivity index (χ2n) is 5.08. The van der Waals surface area contributed by atoms with E-state index in [1.165, 1.54) is 11.3 Å². The van der Waals surface area contributed by atoms with E-state index in [-0.39, 0.29) is 12.3 Å². The molecule has 0 bridgehead atoms. The van der Waals surface area contributed by atoms with Crippen molar-refractivity contribution in [3.63, 3.8) is 0 Å². The minimum Gasteiger partial charge on any atom is -0.421 e. The third kappa shape index (κ3) is 3.81. The van der Waals surface area contributed by atoms with Crippen LogP contribution in [0.25, 0.3) is 11.5 Å². The Labute approximate surface area is 137 Å². The van der Waals surface area contributed by atoms with Gasteiger partial charge in [-0.25, -0.2) is 4.98 Å². The fraction of sp³-hybridized carbons (Fsp3) is 0.250. The van der Waals surface area contributed by atoms with Gasteiger partial charge >= 0.3 is 0 Å². The maximum absolute atomic E-state index is 11.9. The molecule has 0 aliphatic carbocycles. The molecule has 3 rings (SSSR count). The molecule has 0 atom stereocenters. The largest absolute Gasteiger partial charge is 0.421 e. The maximum atomic E-state index is 11.9. The van der Waals surface area contributed by atoms with Gasteiger partial charge in [0.2, 0.25) is 17.7 Å². The maximum Gasteiger partial charge on any atom is 0.247 e. The van der Waals surface area contributed by atoms with Crippen LogP contribution in [0.3, 0.4) is 0 Å². The summed E-state index contributed by atoms with van der Waals surface area (Å²) in [5.41, 5.74) is 1.80. The summed E-state index contributed by atoms with van der Waals surface area (Å²) in [5, 5.41) is 11.4. The van der Waals surface area contributed by atoms with E-state index in [0.717, 1.165) is 16.1 Å². The molecule has 0 fully saturated rings. The molecule has 6 nitrogen and oxygen atoms in total. The lowest BCUT2D eigenvalue weighted by Gasteiger charge is -1.99. The predicted molar refractivity (Wildman–Crippen MR) is 88.3 cm³/mol. The molecule has 2 heterocycles. The molecule has 118 valence electrons. The van der Waals surface area contributed by atoms with Crippen LogP contribution in [0.1, 0.15) is 22.9 Å². The molecular weight excluding hydrogens is 312 g/mol. The summed E-state index contributed by atoms with van der Waals surface area (Å²) in [6.07, 6.45) is 0.670. The number of benzene rings is 1. The predicted octanol–water partition coefficient (Wildman–Crippen LogP) is 3.38. The third-order valence-electron chi connectivity index (χ3n) is 3.33. The van der Waals surface area contributed by atoms with E-state index in [0.29, 0.717) is 23.3 Å².